The number of oxazole rings is 1. The quantitative estimate of drug-likeness (QED) is 0.461. The van der Waals surface area contributed by atoms with Gasteiger partial charge in [-0.15, -0.1) is 0 Å². The number of aliphatic hydroxyl groups is 2. The van der Waals surface area contributed by atoms with Gasteiger partial charge in [0.25, 0.3) is 5.91 Å². The van der Waals surface area contributed by atoms with Crippen LogP contribution in [-0.2, 0) is 15.0 Å². The Balaban J connectivity index is 1.89. The lowest BCUT2D eigenvalue weighted by molar-refractivity contribution is -0.130. The summed E-state index contributed by atoms with van der Waals surface area (Å²) in [4.78, 5) is 56.1. The van der Waals surface area contributed by atoms with Gasteiger partial charge in [0.2, 0.25) is 0 Å². The average molecular weight is 496 g/mol. The molecule has 10 nitrogen and oxygen atoms in total. The minimum Gasteiger partial charge on any atom is -0.511 e. The van der Waals surface area contributed by atoms with E-state index in [0.717, 1.165) is 0 Å². The molecular formula is C26H29N3O7. The van der Waals surface area contributed by atoms with Crippen molar-refractivity contribution in [1.82, 2.24) is 4.98 Å². The Labute approximate surface area is 206 Å². The van der Waals surface area contributed by atoms with Crippen molar-refractivity contribution in [2.45, 2.75) is 46.0 Å². The number of nitrogens with two attached hydrogens (primary N) is 1. The number of Topliss-reactive ketones (excluding diaryl/α,β-unsaturated/α-hetero) is 2. The first-order valence-corrected chi connectivity index (χ1v) is 11.7. The number of primary amides is 1. The zero-order valence-electron chi connectivity index (χ0n) is 21.0. The van der Waals surface area contributed by atoms with Crippen LogP contribution in [0.2, 0.25) is 0 Å². The number of carbonyl (C=O) groups is 3. The van der Waals surface area contributed by atoms with E-state index < -0.39 is 62.5 Å². The van der Waals surface area contributed by atoms with E-state index in [1.165, 1.54) is 0 Å². The zero-order chi connectivity index (χ0) is 26.7. The Kier molecular flexibility index (Phi) is 4.58. The Morgan fingerprint density at radius 1 is 1.17 bits per heavy atom. The predicted molar refractivity (Wildman–Crippen MR) is 131 cm³/mol. The highest BCUT2D eigenvalue weighted by atomic mass is 16.4. The van der Waals surface area contributed by atoms with E-state index in [2.05, 4.69) is 4.98 Å². The molecule has 1 heterocycles. The smallest absolute Gasteiger partial charge is 0.417 e. The number of nitrogens with zero attached hydrogens (tertiary/aromatic N) is 1. The maximum absolute atomic E-state index is 14.2. The van der Waals surface area contributed by atoms with Crippen molar-refractivity contribution < 1.29 is 29.0 Å². The van der Waals surface area contributed by atoms with E-state index in [-0.39, 0.29) is 29.6 Å². The third-order valence-corrected chi connectivity index (χ3v) is 8.78. The molecule has 10 heteroatoms. The molecule has 0 fully saturated rings. The third-order valence-electron chi connectivity index (χ3n) is 8.78. The van der Waals surface area contributed by atoms with Crippen LogP contribution in [0, 0.1) is 16.7 Å². The molecule has 5 rings (SSSR count). The first-order valence-electron chi connectivity index (χ1n) is 11.7. The van der Waals surface area contributed by atoms with Crippen LogP contribution in [0.4, 0.5) is 5.69 Å². The number of benzene rings is 1. The molecule has 3 aliphatic rings. The molecule has 36 heavy (non-hydrogen) atoms. The van der Waals surface area contributed by atoms with E-state index in [1.807, 2.05) is 39.8 Å². The number of aromatic nitrogens is 1. The molecule has 1 amide bonds. The van der Waals surface area contributed by atoms with E-state index in [1.54, 1.807) is 13.0 Å². The summed E-state index contributed by atoms with van der Waals surface area (Å²) in [6.45, 7) is 7.54. The van der Waals surface area contributed by atoms with Gasteiger partial charge in [-0.2, -0.15) is 0 Å². The monoisotopic (exact) mass is 495 g/mol. The third kappa shape index (κ3) is 2.67. The van der Waals surface area contributed by atoms with Crippen molar-refractivity contribution in [2.24, 2.45) is 22.5 Å². The number of fused-ring (bicyclic) bond motifs is 5. The molecule has 1 aromatic carbocycles. The minimum atomic E-state index is -1.23. The van der Waals surface area contributed by atoms with Crippen LogP contribution in [0.25, 0.3) is 11.1 Å². The normalized spacial score (nSPS) is 29.2. The standard InChI is InChI=1S/C26H29N3O7/c1-24(2)15-11(29(5)6)7-10-21(36-23(35)28-10)14(15)19(32)17-20(33)16-18(31)13(22(27)34)12(30)8-25(16,3)9-26(17,24)4/h7,16,30,33H,8-9H2,1-6H3,(H2,27,34)(H,28,35)/t16?,25-,26+/m1/s1. The number of nitrogens with one attached hydrogen (secondary N) is 1. The van der Waals surface area contributed by atoms with Crippen LogP contribution >= 0.6 is 0 Å². The summed E-state index contributed by atoms with van der Waals surface area (Å²) < 4.78 is 5.40. The van der Waals surface area contributed by atoms with Crippen molar-refractivity contribution in [2.75, 3.05) is 19.0 Å². The molecule has 1 unspecified atom stereocenters. The number of carbonyl (C=O) groups excluding carboxylic acids is 3. The largest absolute Gasteiger partial charge is 0.511 e. The van der Waals surface area contributed by atoms with Crippen LogP contribution in [0.5, 0.6) is 0 Å². The van der Waals surface area contributed by atoms with Gasteiger partial charge in [0, 0.05) is 42.6 Å². The van der Waals surface area contributed by atoms with E-state index in [4.69, 9.17) is 10.2 Å². The van der Waals surface area contributed by atoms with Crippen LogP contribution in [0.15, 0.2) is 37.9 Å². The van der Waals surface area contributed by atoms with Crippen LogP contribution in [0.3, 0.4) is 0 Å². The van der Waals surface area contributed by atoms with Crippen LogP contribution < -0.4 is 16.4 Å². The number of ketones is 2. The lowest BCUT2D eigenvalue weighted by Crippen LogP contribution is -2.57. The van der Waals surface area contributed by atoms with E-state index in [9.17, 15) is 29.4 Å². The van der Waals surface area contributed by atoms with Gasteiger partial charge in [-0.3, -0.25) is 19.4 Å². The highest BCUT2D eigenvalue weighted by Crippen LogP contribution is 2.66. The molecule has 0 bridgehead atoms. The number of rotatable bonds is 2. The summed E-state index contributed by atoms with van der Waals surface area (Å²) in [5, 5.41) is 22.2. The second-order valence-electron chi connectivity index (χ2n) is 11.5. The SMILES string of the molecule is CN(C)c1cc2[nH]c(=O)oc2c2c1C(C)(C)[C@@]1(C)C[C@@]3(C)CC(O)=C(C(N)=O)C(=O)C3C(O)=C1C2=O. The van der Waals surface area contributed by atoms with Gasteiger partial charge in [0.15, 0.2) is 17.1 Å². The van der Waals surface area contributed by atoms with Crippen molar-refractivity contribution in [1.29, 1.82) is 0 Å². The fourth-order valence-electron chi connectivity index (χ4n) is 6.96. The molecule has 0 spiro atoms. The predicted octanol–water partition coefficient (Wildman–Crippen LogP) is 2.78. The van der Waals surface area contributed by atoms with Crippen LogP contribution in [0.1, 0.15) is 56.5 Å². The first-order chi connectivity index (χ1) is 16.6. The van der Waals surface area contributed by atoms with Crippen molar-refractivity contribution >= 4 is 34.3 Å². The van der Waals surface area contributed by atoms with Crippen LogP contribution in [-0.4, -0.2) is 46.8 Å². The van der Waals surface area contributed by atoms with E-state index >= 15 is 0 Å². The number of amides is 1. The molecule has 0 aliphatic heterocycles. The fraction of sp³-hybridized carbons (Fsp3) is 0.462. The van der Waals surface area contributed by atoms with Gasteiger partial charge in [-0.05, 0) is 23.5 Å². The summed E-state index contributed by atoms with van der Waals surface area (Å²) in [5.41, 5.74) is 4.04. The van der Waals surface area contributed by atoms with Gasteiger partial charge in [0.1, 0.15) is 17.1 Å². The summed E-state index contributed by atoms with van der Waals surface area (Å²) in [6.07, 6.45) is 0.198. The number of aromatic amines is 1. The molecule has 2 aromatic rings. The number of allylic oxidation sites excluding steroid dienone is 3. The first kappa shape index (κ1) is 23.9. The molecular weight excluding hydrogens is 466 g/mol. The Bertz CT molecular complexity index is 1540. The molecule has 1 aromatic heterocycles. The second kappa shape index (κ2) is 6.89. The van der Waals surface area contributed by atoms with Gasteiger partial charge < -0.3 is 25.3 Å². The Hall–Kier alpha value is -3.82. The van der Waals surface area contributed by atoms with Crippen molar-refractivity contribution in [3.8, 4) is 0 Å². The van der Waals surface area contributed by atoms with E-state index in [0.29, 0.717) is 16.8 Å². The molecule has 0 radical (unpaired) electrons. The second-order valence-corrected chi connectivity index (χ2v) is 11.5. The highest BCUT2D eigenvalue weighted by Gasteiger charge is 2.64. The summed E-state index contributed by atoms with van der Waals surface area (Å²) in [7, 11) is 3.66. The molecule has 5 N–H and O–H groups in total. The number of hydrogen-bond donors (Lipinski definition) is 4. The summed E-state index contributed by atoms with van der Waals surface area (Å²) in [6, 6.07) is 1.76. The molecule has 190 valence electrons. The fourth-order valence-corrected chi connectivity index (χ4v) is 6.96. The lowest BCUT2D eigenvalue weighted by atomic mass is 9.44. The van der Waals surface area contributed by atoms with Crippen molar-refractivity contribution in [3.05, 3.63) is 50.4 Å². The Morgan fingerprint density at radius 3 is 2.39 bits per heavy atom. The lowest BCUT2D eigenvalue weighted by Gasteiger charge is -2.58. The molecule has 3 aliphatic carbocycles. The number of hydrogen-bond acceptors (Lipinski definition) is 8. The zero-order valence-corrected chi connectivity index (χ0v) is 21.0. The minimum absolute atomic E-state index is 0.0436. The van der Waals surface area contributed by atoms with Gasteiger partial charge >= 0.3 is 5.76 Å². The summed E-state index contributed by atoms with van der Waals surface area (Å²) >= 11 is 0. The van der Waals surface area contributed by atoms with Crippen molar-refractivity contribution in [3.63, 3.8) is 0 Å². The number of anilines is 1. The topological polar surface area (TPSA) is 167 Å². The maximum Gasteiger partial charge on any atom is 0.417 e. The molecule has 3 atom stereocenters. The molecule has 0 saturated carbocycles. The number of aliphatic hydroxyl groups excluding tert-OH is 2. The maximum atomic E-state index is 14.2. The highest BCUT2D eigenvalue weighted by molar-refractivity contribution is 6.23. The number of H-pyrrole nitrogens is 1. The van der Waals surface area contributed by atoms with Gasteiger partial charge in [-0.25, -0.2) is 4.79 Å². The van der Waals surface area contributed by atoms with Gasteiger partial charge in [0.05, 0.1) is 17.0 Å². The Morgan fingerprint density at radius 2 is 1.81 bits per heavy atom. The average Bonchev–Trinajstić information content (AvgIpc) is 3.09. The summed E-state index contributed by atoms with van der Waals surface area (Å²) in [5.74, 6) is -5.23. The molecule has 0 saturated heterocycles. The van der Waals surface area contributed by atoms with Gasteiger partial charge in [-0.1, -0.05) is 27.7 Å².